The van der Waals surface area contributed by atoms with Crippen LogP contribution in [0, 0.1) is 5.82 Å². The first kappa shape index (κ1) is 25.1. The fourth-order valence-electron chi connectivity index (χ4n) is 3.42. The maximum absolute atomic E-state index is 13.4. The van der Waals surface area contributed by atoms with Gasteiger partial charge in [-0.15, -0.1) is 0 Å². The van der Waals surface area contributed by atoms with Gasteiger partial charge in [-0.2, -0.15) is 0 Å². The van der Waals surface area contributed by atoms with Crippen molar-refractivity contribution in [3.05, 3.63) is 57.7 Å². The van der Waals surface area contributed by atoms with E-state index in [9.17, 15) is 14.0 Å². The molecule has 1 aliphatic rings. The second-order valence-corrected chi connectivity index (χ2v) is 9.04. The third-order valence-corrected chi connectivity index (χ3v) is 6.36. The number of hydrogen-bond acceptors (Lipinski definition) is 5. The predicted molar refractivity (Wildman–Crippen MR) is 132 cm³/mol. The second-order valence-electron chi connectivity index (χ2n) is 7.64. The Morgan fingerprint density at radius 2 is 1.79 bits per heavy atom. The molecule has 1 saturated heterocycles. The minimum atomic E-state index is -0.617. The van der Waals surface area contributed by atoms with E-state index >= 15 is 0 Å². The van der Waals surface area contributed by atoms with E-state index in [-0.39, 0.29) is 15.6 Å². The molecule has 0 unspecified atom stereocenters. The Hall–Kier alpha value is -2.51. The minimum absolute atomic E-state index is 0.156. The van der Waals surface area contributed by atoms with Crippen molar-refractivity contribution >= 4 is 46.3 Å². The number of carbonyl (C=O) groups is 2. The number of halogens is 2. The Balaban J connectivity index is 1.67. The van der Waals surface area contributed by atoms with Gasteiger partial charge in [0.15, 0.2) is 11.5 Å². The molecular formula is C25H27ClFNO4S. The summed E-state index contributed by atoms with van der Waals surface area (Å²) in [6.45, 7) is 2.81. The number of unbranched alkanes of at least 4 members (excludes halogenated alkanes) is 5. The normalized spacial score (nSPS) is 14.9. The van der Waals surface area contributed by atoms with Crippen LogP contribution in [0.2, 0.25) is 5.02 Å². The number of benzene rings is 2. The summed E-state index contributed by atoms with van der Waals surface area (Å²) < 4.78 is 24.8. The molecule has 1 fully saturated rings. The average molecular weight is 492 g/mol. The van der Waals surface area contributed by atoms with E-state index in [1.807, 2.05) is 6.07 Å². The number of anilines is 1. The van der Waals surface area contributed by atoms with Crippen LogP contribution in [0.3, 0.4) is 0 Å². The number of imide groups is 1. The smallest absolute Gasteiger partial charge is 0.298 e. The predicted octanol–water partition coefficient (Wildman–Crippen LogP) is 7.47. The van der Waals surface area contributed by atoms with Gasteiger partial charge in [-0.25, -0.2) is 9.29 Å². The highest BCUT2D eigenvalue weighted by Gasteiger charge is 2.36. The molecule has 0 saturated carbocycles. The van der Waals surface area contributed by atoms with Crippen molar-refractivity contribution in [1.29, 1.82) is 0 Å². The van der Waals surface area contributed by atoms with Crippen LogP contribution < -0.4 is 14.4 Å². The Kier molecular flexibility index (Phi) is 9.21. The molecule has 0 spiro atoms. The van der Waals surface area contributed by atoms with E-state index < -0.39 is 17.0 Å². The number of carbonyl (C=O) groups excluding carboxylic acids is 2. The highest BCUT2D eigenvalue weighted by Crippen LogP contribution is 2.38. The number of amides is 2. The second kappa shape index (κ2) is 12.1. The first-order valence-corrected chi connectivity index (χ1v) is 12.2. The van der Waals surface area contributed by atoms with Crippen molar-refractivity contribution in [2.45, 2.75) is 45.4 Å². The zero-order valence-corrected chi connectivity index (χ0v) is 20.3. The average Bonchev–Trinajstić information content (AvgIpc) is 3.08. The van der Waals surface area contributed by atoms with Crippen molar-refractivity contribution in [3.63, 3.8) is 0 Å². The summed E-state index contributed by atoms with van der Waals surface area (Å²) in [5.41, 5.74) is 0.921. The molecule has 2 amide bonds. The summed E-state index contributed by atoms with van der Waals surface area (Å²) in [6.07, 6.45) is 8.71. The van der Waals surface area contributed by atoms with Crippen LogP contribution in [0.15, 0.2) is 41.3 Å². The summed E-state index contributed by atoms with van der Waals surface area (Å²) in [5, 5.41) is -0.628. The number of rotatable bonds is 11. The first-order chi connectivity index (χ1) is 15.9. The van der Waals surface area contributed by atoms with Gasteiger partial charge in [-0.1, -0.05) is 56.7 Å². The summed E-state index contributed by atoms with van der Waals surface area (Å²) in [6, 6.07) is 9.10. The topological polar surface area (TPSA) is 55.8 Å². The molecule has 0 aliphatic carbocycles. The van der Waals surface area contributed by atoms with Crippen LogP contribution in [-0.4, -0.2) is 24.9 Å². The lowest BCUT2D eigenvalue weighted by Gasteiger charge is -2.13. The highest BCUT2D eigenvalue weighted by atomic mass is 35.5. The van der Waals surface area contributed by atoms with Crippen LogP contribution in [0.1, 0.15) is 51.0 Å². The maximum Gasteiger partial charge on any atom is 0.298 e. The van der Waals surface area contributed by atoms with Gasteiger partial charge < -0.3 is 9.47 Å². The molecule has 176 valence electrons. The van der Waals surface area contributed by atoms with Crippen LogP contribution in [-0.2, 0) is 4.79 Å². The van der Waals surface area contributed by atoms with Crippen LogP contribution in [0.4, 0.5) is 14.9 Å². The van der Waals surface area contributed by atoms with Crippen molar-refractivity contribution < 1.29 is 23.5 Å². The highest BCUT2D eigenvalue weighted by molar-refractivity contribution is 8.19. The van der Waals surface area contributed by atoms with Gasteiger partial charge in [0, 0.05) is 0 Å². The van der Waals surface area contributed by atoms with Crippen LogP contribution in [0.5, 0.6) is 11.5 Å². The zero-order chi connectivity index (χ0) is 23.8. The molecule has 8 heteroatoms. The number of hydrogen-bond donors (Lipinski definition) is 0. The summed E-state index contributed by atoms with van der Waals surface area (Å²) in [5.74, 6) is 0.0837. The van der Waals surface area contributed by atoms with Crippen molar-refractivity contribution in [2.24, 2.45) is 0 Å². The fourth-order valence-corrected chi connectivity index (χ4v) is 4.44. The van der Waals surface area contributed by atoms with E-state index in [1.54, 1.807) is 25.3 Å². The molecule has 3 rings (SSSR count). The molecule has 2 aromatic rings. The lowest BCUT2D eigenvalue weighted by Crippen LogP contribution is -2.27. The lowest BCUT2D eigenvalue weighted by molar-refractivity contribution is -0.113. The molecular weight excluding hydrogens is 465 g/mol. The van der Waals surface area contributed by atoms with Gasteiger partial charge in [-0.05, 0) is 60.2 Å². The largest absolute Gasteiger partial charge is 0.493 e. The number of nitrogens with zero attached hydrogens (tertiary/aromatic N) is 1. The Bertz CT molecular complexity index is 1040. The van der Waals surface area contributed by atoms with Crippen molar-refractivity contribution in [3.8, 4) is 11.5 Å². The molecule has 5 nitrogen and oxygen atoms in total. The maximum atomic E-state index is 13.4. The zero-order valence-electron chi connectivity index (χ0n) is 18.7. The van der Waals surface area contributed by atoms with E-state index in [0.29, 0.717) is 23.7 Å². The van der Waals surface area contributed by atoms with Crippen LogP contribution >= 0.6 is 23.4 Å². The van der Waals surface area contributed by atoms with E-state index in [4.69, 9.17) is 21.1 Å². The van der Waals surface area contributed by atoms with Crippen molar-refractivity contribution in [2.75, 3.05) is 18.6 Å². The summed E-state index contributed by atoms with van der Waals surface area (Å²) in [7, 11) is 1.56. The molecule has 0 atom stereocenters. The summed E-state index contributed by atoms with van der Waals surface area (Å²) >= 11 is 6.62. The van der Waals surface area contributed by atoms with Gasteiger partial charge in [0.05, 0.1) is 29.3 Å². The standard InChI is InChI=1S/C25H27ClFNO4S/c1-3-4-5-6-7-8-13-32-21-12-9-17(14-22(21)31-2)15-23-24(29)28(25(30)33-23)18-10-11-20(27)19(26)16-18/h9-12,14-16H,3-8,13H2,1-2H3/b23-15-. The van der Waals surface area contributed by atoms with Gasteiger partial charge in [-0.3, -0.25) is 9.59 Å². The molecule has 2 aromatic carbocycles. The molecule has 1 heterocycles. The van der Waals surface area contributed by atoms with E-state index in [2.05, 4.69) is 6.92 Å². The first-order valence-electron chi connectivity index (χ1n) is 11.0. The van der Waals surface area contributed by atoms with Crippen LogP contribution in [0.25, 0.3) is 6.08 Å². The quantitative estimate of drug-likeness (QED) is 0.241. The molecule has 1 aliphatic heterocycles. The minimum Gasteiger partial charge on any atom is -0.493 e. The van der Waals surface area contributed by atoms with Gasteiger partial charge >= 0.3 is 0 Å². The number of methoxy groups -OCH3 is 1. The molecule has 33 heavy (non-hydrogen) atoms. The van der Waals surface area contributed by atoms with Gasteiger partial charge in [0.1, 0.15) is 5.82 Å². The van der Waals surface area contributed by atoms with Gasteiger partial charge in [0.2, 0.25) is 0 Å². The third kappa shape index (κ3) is 6.51. The molecule has 0 aromatic heterocycles. The molecule has 0 N–H and O–H groups in total. The van der Waals surface area contributed by atoms with E-state index in [1.165, 1.54) is 37.8 Å². The number of thioether (sulfide) groups is 1. The number of ether oxygens (including phenoxy) is 2. The summed E-state index contributed by atoms with van der Waals surface area (Å²) in [4.78, 5) is 26.5. The molecule has 0 bridgehead atoms. The lowest BCUT2D eigenvalue weighted by atomic mass is 10.1. The Morgan fingerprint density at radius 1 is 1.03 bits per heavy atom. The Labute approximate surface area is 202 Å². The Morgan fingerprint density at radius 3 is 2.52 bits per heavy atom. The molecule has 0 radical (unpaired) electrons. The van der Waals surface area contributed by atoms with Gasteiger partial charge in [0.25, 0.3) is 11.1 Å². The third-order valence-electron chi connectivity index (χ3n) is 5.20. The van der Waals surface area contributed by atoms with E-state index in [0.717, 1.165) is 35.6 Å². The monoisotopic (exact) mass is 491 g/mol. The van der Waals surface area contributed by atoms with Crippen molar-refractivity contribution in [1.82, 2.24) is 0 Å². The SMILES string of the molecule is CCCCCCCCOc1ccc(/C=C2\SC(=O)N(c3ccc(F)c(Cl)c3)C2=O)cc1OC. The fraction of sp³-hybridized carbons (Fsp3) is 0.360.